The van der Waals surface area contributed by atoms with Crippen molar-refractivity contribution < 1.29 is 0 Å². The summed E-state index contributed by atoms with van der Waals surface area (Å²) in [6, 6.07) is 5.78. The molecule has 1 aromatic carbocycles. The van der Waals surface area contributed by atoms with Gasteiger partial charge < -0.3 is 10.6 Å². The molecule has 3 nitrogen and oxygen atoms in total. The Hall–Kier alpha value is -0.480. The lowest BCUT2D eigenvalue weighted by Crippen LogP contribution is -2.47. The van der Waals surface area contributed by atoms with Crippen molar-refractivity contribution in [2.75, 3.05) is 44.2 Å². The third-order valence-electron chi connectivity index (χ3n) is 3.09. The molecule has 0 radical (unpaired) electrons. The van der Waals surface area contributed by atoms with Crippen molar-refractivity contribution in [3.63, 3.8) is 0 Å². The van der Waals surface area contributed by atoms with Gasteiger partial charge in [-0.3, -0.25) is 4.90 Å². The van der Waals surface area contributed by atoms with Crippen LogP contribution in [0.2, 0.25) is 10.0 Å². The van der Waals surface area contributed by atoms with Gasteiger partial charge in [0, 0.05) is 39.3 Å². The van der Waals surface area contributed by atoms with Crippen LogP contribution in [-0.4, -0.2) is 44.2 Å². The van der Waals surface area contributed by atoms with Crippen LogP contribution in [0.3, 0.4) is 0 Å². The van der Waals surface area contributed by atoms with Crippen LogP contribution in [0.5, 0.6) is 0 Å². The highest BCUT2D eigenvalue weighted by molar-refractivity contribution is 6.43. The zero-order valence-electron chi connectivity index (χ0n) is 9.70. The first-order valence-corrected chi connectivity index (χ1v) is 6.59. The molecule has 1 aliphatic heterocycles. The average Bonchev–Trinajstić information content (AvgIpc) is 2.34. The fourth-order valence-electron chi connectivity index (χ4n) is 2.13. The van der Waals surface area contributed by atoms with Gasteiger partial charge in [0.2, 0.25) is 0 Å². The molecule has 5 heteroatoms. The first-order chi connectivity index (χ1) is 8.22. The predicted octanol–water partition coefficient (Wildman–Crippen LogP) is 2.07. The minimum Gasteiger partial charge on any atom is -0.368 e. The smallest absolute Gasteiger partial charge is 0.0825 e. The highest BCUT2D eigenvalue weighted by Gasteiger charge is 2.18. The van der Waals surface area contributed by atoms with E-state index in [0.29, 0.717) is 10.0 Å². The van der Waals surface area contributed by atoms with Crippen LogP contribution in [0.1, 0.15) is 0 Å². The van der Waals surface area contributed by atoms with Crippen molar-refractivity contribution >= 4 is 28.9 Å². The van der Waals surface area contributed by atoms with Crippen LogP contribution in [0, 0.1) is 0 Å². The van der Waals surface area contributed by atoms with Crippen LogP contribution in [0.25, 0.3) is 0 Å². The van der Waals surface area contributed by atoms with Gasteiger partial charge in [0.15, 0.2) is 0 Å². The second kappa shape index (κ2) is 5.91. The molecule has 17 heavy (non-hydrogen) atoms. The maximum Gasteiger partial charge on any atom is 0.0825 e. The Morgan fingerprint density at radius 3 is 2.47 bits per heavy atom. The summed E-state index contributed by atoms with van der Waals surface area (Å²) in [5, 5.41) is 1.27. The number of halogens is 2. The maximum atomic E-state index is 6.22. The predicted molar refractivity (Wildman–Crippen MR) is 74.2 cm³/mol. The SMILES string of the molecule is NCCN1CCN(c2cccc(Cl)c2Cl)CC1. The molecule has 1 saturated heterocycles. The van der Waals surface area contributed by atoms with E-state index < -0.39 is 0 Å². The lowest BCUT2D eigenvalue weighted by molar-refractivity contribution is 0.265. The molecular formula is C12H17Cl2N3. The summed E-state index contributed by atoms with van der Waals surface area (Å²) in [4.78, 5) is 4.65. The molecule has 1 fully saturated rings. The Bertz CT molecular complexity index is 376. The van der Waals surface area contributed by atoms with Crippen LogP contribution >= 0.6 is 23.2 Å². The van der Waals surface area contributed by atoms with Gasteiger partial charge in [0.1, 0.15) is 0 Å². The van der Waals surface area contributed by atoms with Crippen LogP contribution in [0.4, 0.5) is 5.69 Å². The first-order valence-electron chi connectivity index (χ1n) is 5.83. The normalized spacial score (nSPS) is 17.5. The monoisotopic (exact) mass is 273 g/mol. The van der Waals surface area contributed by atoms with Crippen molar-refractivity contribution in [3.05, 3.63) is 28.2 Å². The molecule has 2 rings (SSSR count). The minimum atomic E-state index is 0.619. The standard InChI is InChI=1S/C12H17Cl2N3/c13-10-2-1-3-11(12(10)14)17-8-6-16(5-4-15)7-9-17/h1-3H,4-9,15H2. The van der Waals surface area contributed by atoms with Crippen molar-refractivity contribution in [1.29, 1.82) is 0 Å². The summed E-state index contributed by atoms with van der Waals surface area (Å²) in [5.74, 6) is 0. The van der Waals surface area contributed by atoms with Crippen molar-refractivity contribution in [1.82, 2.24) is 4.90 Å². The second-order valence-electron chi connectivity index (χ2n) is 4.19. The lowest BCUT2D eigenvalue weighted by atomic mass is 10.2. The van der Waals surface area contributed by atoms with Crippen LogP contribution in [-0.2, 0) is 0 Å². The van der Waals surface area contributed by atoms with Gasteiger partial charge in [0.25, 0.3) is 0 Å². The van der Waals surface area contributed by atoms with E-state index in [1.165, 1.54) is 0 Å². The van der Waals surface area contributed by atoms with Gasteiger partial charge in [0.05, 0.1) is 15.7 Å². The Kier molecular flexibility index (Phi) is 4.51. The number of benzene rings is 1. The molecule has 1 heterocycles. The van der Waals surface area contributed by atoms with Gasteiger partial charge in [-0.05, 0) is 12.1 Å². The molecule has 0 bridgehead atoms. The highest BCUT2D eigenvalue weighted by atomic mass is 35.5. The molecule has 0 atom stereocenters. The fraction of sp³-hybridized carbons (Fsp3) is 0.500. The van der Waals surface area contributed by atoms with Crippen LogP contribution < -0.4 is 10.6 Å². The summed E-state index contributed by atoms with van der Waals surface area (Å²) >= 11 is 12.2. The molecule has 1 aromatic rings. The number of rotatable bonds is 3. The van der Waals surface area contributed by atoms with Crippen LogP contribution in [0.15, 0.2) is 18.2 Å². The van der Waals surface area contributed by atoms with E-state index in [2.05, 4.69) is 9.80 Å². The zero-order valence-corrected chi connectivity index (χ0v) is 11.2. The summed E-state index contributed by atoms with van der Waals surface area (Å²) in [6.45, 7) is 5.69. The molecule has 0 saturated carbocycles. The summed E-state index contributed by atoms with van der Waals surface area (Å²) < 4.78 is 0. The quantitative estimate of drug-likeness (QED) is 0.916. The molecule has 0 unspecified atom stereocenters. The molecule has 0 amide bonds. The molecule has 1 aliphatic rings. The minimum absolute atomic E-state index is 0.619. The summed E-state index contributed by atoms with van der Waals surface area (Å²) in [7, 11) is 0. The molecule has 0 aromatic heterocycles. The highest BCUT2D eigenvalue weighted by Crippen LogP contribution is 2.32. The number of nitrogens with two attached hydrogens (primary N) is 1. The molecule has 0 spiro atoms. The number of hydrogen-bond acceptors (Lipinski definition) is 3. The van der Waals surface area contributed by atoms with Crippen molar-refractivity contribution in [2.24, 2.45) is 5.73 Å². The Morgan fingerprint density at radius 2 is 1.82 bits per heavy atom. The van der Waals surface area contributed by atoms with E-state index in [4.69, 9.17) is 28.9 Å². The molecule has 94 valence electrons. The van der Waals surface area contributed by atoms with Gasteiger partial charge >= 0.3 is 0 Å². The van der Waals surface area contributed by atoms with E-state index >= 15 is 0 Å². The number of piperazine rings is 1. The topological polar surface area (TPSA) is 32.5 Å². The van der Waals surface area contributed by atoms with E-state index in [9.17, 15) is 0 Å². The fourth-order valence-corrected chi connectivity index (χ4v) is 2.55. The number of hydrogen-bond donors (Lipinski definition) is 1. The molecular weight excluding hydrogens is 257 g/mol. The van der Waals surface area contributed by atoms with Crippen molar-refractivity contribution in [2.45, 2.75) is 0 Å². The second-order valence-corrected chi connectivity index (χ2v) is 4.98. The third-order valence-corrected chi connectivity index (χ3v) is 3.90. The van der Waals surface area contributed by atoms with Gasteiger partial charge in [-0.25, -0.2) is 0 Å². The van der Waals surface area contributed by atoms with Gasteiger partial charge in [-0.1, -0.05) is 29.3 Å². The van der Waals surface area contributed by atoms with E-state index in [-0.39, 0.29) is 0 Å². The number of anilines is 1. The Morgan fingerprint density at radius 1 is 1.12 bits per heavy atom. The summed E-state index contributed by atoms with van der Waals surface area (Å²) in [6.07, 6.45) is 0. The van der Waals surface area contributed by atoms with Gasteiger partial charge in [-0.15, -0.1) is 0 Å². The summed E-state index contributed by atoms with van der Waals surface area (Å²) in [5.41, 5.74) is 6.59. The maximum absolute atomic E-state index is 6.22. The Balaban J connectivity index is 2.03. The lowest BCUT2D eigenvalue weighted by Gasteiger charge is -2.36. The van der Waals surface area contributed by atoms with Crippen molar-refractivity contribution in [3.8, 4) is 0 Å². The van der Waals surface area contributed by atoms with E-state index in [0.717, 1.165) is 45.0 Å². The largest absolute Gasteiger partial charge is 0.368 e. The zero-order chi connectivity index (χ0) is 12.3. The first kappa shape index (κ1) is 13.0. The average molecular weight is 274 g/mol. The molecule has 0 aliphatic carbocycles. The Labute approximate surface area is 112 Å². The molecule has 2 N–H and O–H groups in total. The van der Waals surface area contributed by atoms with E-state index in [1.807, 2.05) is 18.2 Å². The van der Waals surface area contributed by atoms with E-state index in [1.54, 1.807) is 0 Å². The van der Waals surface area contributed by atoms with Gasteiger partial charge in [-0.2, -0.15) is 0 Å². The third kappa shape index (κ3) is 3.05. The number of nitrogens with zero attached hydrogens (tertiary/aromatic N) is 2.